The Morgan fingerprint density at radius 3 is 2.38 bits per heavy atom. The third kappa shape index (κ3) is 4.79. The number of carbonyl (C=O) groups excluding carboxylic acids is 3. The number of morpholine rings is 1. The van der Waals surface area contributed by atoms with E-state index in [9.17, 15) is 14.4 Å². The molecule has 0 spiro atoms. The van der Waals surface area contributed by atoms with Gasteiger partial charge in [-0.05, 0) is 12.0 Å². The molecule has 7 nitrogen and oxygen atoms in total. The molecule has 1 aromatic carbocycles. The molecule has 0 radical (unpaired) electrons. The van der Waals surface area contributed by atoms with Gasteiger partial charge in [0.05, 0.1) is 19.1 Å². The van der Waals surface area contributed by atoms with Gasteiger partial charge in [-0.15, -0.1) is 0 Å². The van der Waals surface area contributed by atoms with Crippen LogP contribution in [0.1, 0.15) is 12.5 Å². The molecule has 24 heavy (non-hydrogen) atoms. The van der Waals surface area contributed by atoms with Gasteiger partial charge in [-0.1, -0.05) is 30.3 Å². The van der Waals surface area contributed by atoms with E-state index in [0.29, 0.717) is 26.3 Å². The maximum Gasteiger partial charge on any atom is 0.303 e. The number of nitrogens with two attached hydrogens (primary N) is 1. The van der Waals surface area contributed by atoms with E-state index in [-0.39, 0.29) is 6.42 Å². The van der Waals surface area contributed by atoms with Crippen molar-refractivity contribution >= 4 is 17.8 Å². The van der Waals surface area contributed by atoms with Crippen LogP contribution in [0.5, 0.6) is 0 Å². The molecule has 1 saturated heterocycles. The molecule has 130 valence electrons. The summed E-state index contributed by atoms with van der Waals surface area (Å²) in [5.74, 6) is -2.63. The zero-order chi connectivity index (χ0) is 17.5. The summed E-state index contributed by atoms with van der Waals surface area (Å²) in [4.78, 5) is 37.7. The van der Waals surface area contributed by atoms with Gasteiger partial charge in [-0.25, -0.2) is 0 Å². The summed E-state index contributed by atoms with van der Waals surface area (Å²) in [6.07, 6.45) is -0.997. The predicted molar refractivity (Wildman–Crippen MR) is 85.8 cm³/mol. The maximum absolute atomic E-state index is 12.8. The van der Waals surface area contributed by atoms with Crippen molar-refractivity contribution in [2.24, 2.45) is 11.7 Å². The van der Waals surface area contributed by atoms with Crippen LogP contribution in [0.4, 0.5) is 0 Å². The van der Waals surface area contributed by atoms with Crippen LogP contribution in [-0.2, 0) is 30.3 Å². The van der Waals surface area contributed by atoms with Crippen molar-refractivity contribution in [3.63, 3.8) is 0 Å². The van der Waals surface area contributed by atoms with Crippen LogP contribution in [0.3, 0.4) is 0 Å². The van der Waals surface area contributed by atoms with Crippen molar-refractivity contribution < 1.29 is 23.9 Å². The molecule has 7 heteroatoms. The Morgan fingerprint density at radius 2 is 1.83 bits per heavy atom. The first-order chi connectivity index (χ1) is 11.5. The number of rotatable bonds is 6. The fourth-order valence-electron chi connectivity index (χ4n) is 2.67. The van der Waals surface area contributed by atoms with Crippen LogP contribution in [0.25, 0.3) is 0 Å². The molecular formula is C17H22N2O5. The topological polar surface area (TPSA) is 98.9 Å². The number of carbonyl (C=O) groups is 3. The lowest BCUT2D eigenvalue weighted by Crippen LogP contribution is -2.52. The van der Waals surface area contributed by atoms with E-state index in [0.717, 1.165) is 5.56 Å². The number of benzene rings is 1. The van der Waals surface area contributed by atoms with Gasteiger partial charge in [-0.2, -0.15) is 0 Å². The lowest BCUT2D eigenvalue weighted by Gasteiger charge is -2.32. The second-order valence-electron chi connectivity index (χ2n) is 5.67. The molecule has 1 fully saturated rings. The Morgan fingerprint density at radius 1 is 1.21 bits per heavy atom. The first-order valence-corrected chi connectivity index (χ1v) is 7.86. The highest BCUT2D eigenvalue weighted by Gasteiger charge is 2.38. The van der Waals surface area contributed by atoms with Crippen molar-refractivity contribution in [3.05, 3.63) is 35.9 Å². The summed E-state index contributed by atoms with van der Waals surface area (Å²) in [7, 11) is 0. The Kier molecular flexibility index (Phi) is 6.31. The summed E-state index contributed by atoms with van der Waals surface area (Å²) in [5.41, 5.74) is 6.34. The second kappa shape index (κ2) is 8.44. The van der Waals surface area contributed by atoms with Crippen LogP contribution < -0.4 is 5.73 Å². The van der Waals surface area contributed by atoms with Crippen molar-refractivity contribution in [2.45, 2.75) is 19.4 Å². The molecule has 2 amide bonds. The smallest absolute Gasteiger partial charge is 0.303 e. The zero-order valence-corrected chi connectivity index (χ0v) is 13.6. The minimum Gasteiger partial charge on any atom is -0.452 e. The third-order valence-corrected chi connectivity index (χ3v) is 3.89. The fourth-order valence-corrected chi connectivity index (χ4v) is 2.67. The van der Waals surface area contributed by atoms with Gasteiger partial charge >= 0.3 is 5.97 Å². The van der Waals surface area contributed by atoms with E-state index >= 15 is 0 Å². The number of ether oxygens (including phenoxy) is 2. The van der Waals surface area contributed by atoms with E-state index in [1.165, 1.54) is 11.8 Å². The molecule has 0 saturated carbocycles. The standard InChI is InChI=1S/C17H22N2O5/c1-12(20)24-15(17(22)19-7-9-23-10-8-19)14(16(18)21)11-13-5-3-2-4-6-13/h2-6,14-15H,7-11H2,1H3,(H2,18,21). The van der Waals surface area contributed by atoms with Gasteiger partial charge in [0.1, 0.15) is 0 Å². The highest BCUT2D eigenvalue weighted by Crippen LogP contribution is 2.18. The van der Waals surface area contributed by atoms with Crippen molar-refractivity contribution in [2.75, 3.05) is 26.3 Å². The number of primary amides is 1. The number of nitrogens with zero attached hydrogens (tertiary/aromatic N) is 1. The van der Waals surface area contributed by atoms with Crippen LogP contribution in [-0.4, -0.2) is 55.1 Å². The summed E-state index contributed by atoms with van der Waals surface area (Å²) in [5, 5.41) is 0. The number of amides is 2. The average molecular weight is 334 g/mol. The van der Waals surface area contributed by atoms with Crippen LogP contribution in [0.2, 0.25) is 0 Å². The van der Waals surface area contributed by atoms with Gasteiger partial charge in [0.15, 0.2) is 6.10 Å². The lowest BCUT2D eigenvalue weighted by molar-refractivity contribution is -0.166. The molecule has 0 bridgehead atoms. The van der Waals surface area contributed by atoms with Crippen molar-refractivity contribution in [3.8, 4) is 0 Å². The Hall–Kier alpha value is -2.41. The molecular weight excluding hydrogens is 312 g/mol. The number of hydrogen-bond acceptors (Lipinski definition) is 5. The number of esters is 1. The molecule has 0 aromatic heterocycles. The summed E-state index contributed by atoms with van der Waals surface area (Å²) >= 11 is 0. The van der Waals surface area contributed by atoms with Gasteiger partial charge in [0, 0.05) is 20.0 Å². The number of hydrogen-bond donors (Lipinski definition) is 1. The molecule has 1 aromatic rings. The fraction of sp³-hybridized carbons (Fsp3) is 0.471. The summed E-state index contributed by atoms with van der Waals surface area (Å²) < 4.78 is 10.4. The van der Waals surface area contributed by atoms with Gasteiger partial charge in [0.25, 0.3) is 5.91 Å². The Bertz CT molecular complexity index is 584. The molecule has 2 N–H and O–H groups in total. The van der Waals surface area contributed by atoms with Gasteiger partial charge in [-0.3, -0.25) is 14.4 Å². The van der Waals surface area contributed by atoms with E-state index in [1.54, 1.807) is 0 Å². The SMILES string of the molecule is CC(=O)OC(C(=O)N1CCOCC1)C(Cc1ccccc1)C(N)=O. The largest absolute Gasteiger partial charge is 0.452 e. The third-order valence-electron chi connectivity index (χ3n) is 3.89. The van der Waals surface area contributed by atoms with E-state index in [2.05, 4.69) is 0 Å². The maximum atomic E-state index is 12.8. The van der Waals surface area contributed by atoms with Crippen molar-refractivity contribution in [1.82, 2.24) is 4.90 Å². The normalized spacial score (nSPS) is 17.0. The monoisotopic (exact) mass is 334 g/mol. The molecule has 2 rings (SSSR count). The minimum absolute atomic E-state index is 0.226. The van der Waals surface area contributed by atoms with Gasteiger partial charge in [0.2, 0.25) is 5.91 Å². The molecule has 2 unspecified atom stereocenters. The highest BCUT2D eigenvalue weighted by molar-refractivity contribution is 5.90. The molecule has 1 aliphatic heterocycles. The van der Waals surface area contributed by atoms with E-state index < -0.39 is 29.8 Å². The molecule has 1 aliphatic rings. The lowest BCUT2D eigenvalue weighted by atomic mass is 9.92. The molecule has 2 atom stereocenters. The van der Waals surface area contributed by atoms with Crippen LogP contribution in [0, 0.1) is 5.92 Å². The van der Waals surface area contributed by atoms with E-state index in [1.807, 2.05) is 30.3 Å². The first kappa shape index (κ1) is 17.9. The highest BCUT2D eigenvalue weighted by atomic mass is 16.5. The van der Waals surface area contributed by atoms with E-state index in [4.69, 9.17) is 15.2 Å². The Labute approximate surface area is 140 Å². The van der Waals surface area contributed by atoms with Crippen LogP contribution in [0.15, 0.2) is 30.3 Å². The summed E-state index contributed by atoms with van der Waals surface area (Å²) in [6.45, 7) is 2.83. The quantitative estimate of drug-likeness (QED) is 0.745. The molecule has 1 heterocycles. The average Bonchev–Trinajstić information content (AvgIpc) is 2.58. The van der Waals surface area contributed by atoms with Crippen LogP contribution >= 0.6 is 0 Å². The van der Waals surface area contributed by atoms with Crippen molar-refractivity contribution in [1.29, 1.82) is 0 Å². The second-order valence-corrected chi connectivity index (χ2v) is 5.67. The predicted octanol–water partition coefficient (Wildman–Crippen LogP) is 0.121. The minimum atomic E-state index is -1.22. The summed E-state index contributed by atoms with van der Waals surface area (Å²) in [6, 6.07) is 9.18. The zero-order valence-electron chi connectivity index (χ0n) is 13.6. The Balaban J connectivity index is 2.22. The van der Waals surface area contributed by atoms with Gasteiger partial charge < -0.3 is 20.1 Å². The molecule has 0 aliphatic carbocycles. The first-order valence-electron chi connectivity index (χ1n) is 7.86.